The molecule has 0 N–H and O–H groups in total. The van der Waals surface area contributed by atoms with Gasteiger partial charge in [-0.3, -0.25) is 0 Å². The Hall–Kier alpha value is -0.618. The average molecular weight is 463 g/mol. The van der Waals surface area contributed by atoms with E-state index in [0.717, 1.165) is 20.3 Å². The van der Waals surface area contributed by atoms with Crippen LogP contribution in [0.15, 0.2) is 41.2 Å². The van der Waals surface area contributed by atoms with Crippen molar-refractivity contribution >= 4 is 31.5 Å². The predicted octanol–water partition coefficient (Wildman–Crippen LogP) is 3.52. The number of hydrogen-bond donors (Lipinski definition) is 0. The van der Waals surface area contributed by atoms with Crippen molar-refractivity contribution in [3.8, 4) is 0 Å². The summed E-state index contributed by atoms with van der Waals surface area (Å²) in [5, 5.41) is 1.51. The van der Waals surface area contributed by atoms with Crippen LogP contribution in [-0.4, -0.2) is 0 Å². The molecule has 1 heterocycles. The Labute approximate surface area is 127 Å². The Morgan fingerprint density at radius 3 is 2.76 bits per heavy atom. The third-order valence-electron chi connectivity index (χ3n) is 2.72. The molecule has 0 saturated carbocycles. The van der Waals surface area contributed by atoms with E-state index in [4.69, 9.17) is 0 Å². The van der Waals surface area contributed by atoms with Gasteiger partial charge in [-0.2, -0.15) is 11.3 Å². The van der Waals surface area contributed by atoms with E-state index in [9.17, 15) is 4.79 Å². The van der Waals surface area contributed by atoms with Crippen LogP contribution in [0, 0.1) is 44.1 Å². The summed E-state index contributed by atoms with van der Waals surface area (Å²) in [6, 6.07) is 14.6. The van der Waals surface area contributed by atoms with Crippen molar-refractivity contribution in [2.45, 2.75) is 6.92 Å². The first-order chi connectivity index (χ1) is 7.77. The molecular weight excluding hydrogens is 454 g/mol. The molecule has 0 aliphatic rings. The van der Waals surface area contributed by atoms with Crippen LogP contribution in [0.4, 0.5) is 0 Å². The van der Waals surface area contributed by atoms with E-state index in [2.05, 4.69) is 6.07 Å². The zero-order valence-corrected chi connectivity index (χ0v) is 14.3. The normalized spacial score (nSPS) is 10.4. The minimum Gasteiger partial charge on any atom is -0.346 e. The topological polar surface area (TPSA) is 17.1 Å². The van der Waals surface area contributed by atoms with Crippen LogP contribution < -0.4 is 5.43 Å². The van der Waals surface area contributed by atoms with Gasteiger partial charge in [0.15, 0.2) is 0 Å². The molecule has 2 aromatic carbocycles. The van der Waals surface area contributed by atoms with Gasteiger partial charge in [0.1, 0.15) is 5.43 Å². The Kier molecular flexibility index (Phi) is 3.73. The van der Waals surface area contributed by atoms with Gasteiger partial charge >= 0.3 is 0 Å². The second kappa shape index (κ2) is 4.94. The maximum Gasteiger partial charge on any atom is 0.110 e. The summed E-state index contributed by atoms with van der Waals surface area (Å²) in [7, 11) is 0. The molecule has 0 aliphatic heterocycles. The van der Waals surface area contributed by atoms with Gasteiger partial charge in [-0.05, 0) is 16.2 Å². The van der Waals surface area contributed by atoms with Crippen molar-refractivity contribution < 1.29 is 31.1 Å². The van der Waals surface area contributed by atoms with Gasteiger partial charge < -0.3 is 4.79 Å². The number of fused-ring (bicyclic) bond motifs is 2. The van der Waals surface area contributed by atoms with Gasteiger partial charge in [-0.15, -0.1) is 23.8 Å². The molecule has 0 fully saturated rings. The molecule has 3 rings (SSSR count). The zero-order chi connectivity index (χ0) is 11.1. The van der Waals surface area contributed by atoms with E-state index in [1.807, 2.05) is 43.3 Å². The van der Waals surface area contributed by atoms with Crippen LogP contribution in [0.25, 0.3) is 20.2 Å². The van der Waals surface area contributed by atoms with Crippen LogP contribution in [-0.2, 0) is 0 Å². The van der Waals surface area contributed by atoms with Crippen LogP contribution in [0.1, 0.15) is 5.56 Å². The van der Waals surface area contributed by atoms with Gasteiger partial charge in [0.25, 0.3) is 0 Å². The van der Waals surface area contributed by atoms with Crippen molar-refractivity contribution in [1.82, 2.24) is 0 Å². The molecule has 0 radical (unpaired) electrons. The Morgan fingerprint density at radius 2 is 1.94 bits per heavy atom. The van der Waals surface area contributed by atoms with Crippen molar-refractivity contribution in [3.05, 3.63) is 58.3 Å². The number of aryl methyl sites for hydroxylation is 1. The van der Waals surface area contributed by atoms with Crippen LogP contribution in [0.3, 0.4) is 0 Å². The maximum atomic E-state index is 12.2. The number of rotatable bonds is 0. The van der Waals surface area contributed by atoms with Crippen molar-refractivity contribution in [2.24, 2.45) is 0 Å². The molecule has 0 saturated heterocycles. The second-order valence-corrected chi connectivity index (χ2v) is 4.84. The van der Waals surface area contributed by atoms with Crippen molar-refractivity contribution in [1.29, 1.82) is 0 Å². The zero-order valence-electron chi connectivity index (χ0n) is 9.28. The first-order valence-electron chi connectivity index (χ1n) is 5.10. The summed E-state index contributed by atoms with van der Waals surface area (Å²) in [6.07, 6.45) is 0. The summed E-state index contributed by atoms with van der Waals surface area (Å²) in [4.78, 5) is 12.2. The smallest absolute Gasteiger partial charge is 0.110 e. The monoisotopic (exact) mass is 463 g/mol. The van der Waals surface area contributed by atoms with E-state index in [0.29, 0.717) is 5.39 Å². The first-order valence-corrected chi connectivity index (χ1v) is 5.92. The summed E-state index contributed by atoms with van der Waals surface area (Å²) >= 11 is 1.66. The van der Waals surface area contributed by atoms with Gasteiger partial charge in [0.2, 0.25) is 0 Å². The summed E-state index contributed by atoms with van der Waals surface area (Å²) in [6.45, 7) is 2.03. The first kappa shape index (κ1) is 12.8. The third kappa shape index (κ3) is 2.08. The Morgan fingerprint density at radius 1 is 1.18 bits per heavy atom. The second-order valence-electron chi connectivity index (χ2n) is 3.79. The fourth-order valence-electron chi connectivity index (χ4n) is 1.88. The van der Waals surface area contributed by atoms with Gasteiger partial charge in [-0.1, -0.05) is 30.5 Å². The van der Waals surface area contributed by atoms with Crippen molar-refractivity contribution in [3.63, 3.8) is 0 Å². The minimum absolute atomic E-state index is 0. The van der Waals surface area contributed by atoms with Gasteiger partial charge in [-0.25, -0.2) is 0 Å². The molecule has 0 atom stereocenters. The van der Waals surface area contributed by atoms with Crippen LogP contribution >= 0.6 is 11.3 Å². The van der Waals surface area contributed by atoms with E-state index >= 15 is 0 Å². The van der Waals surface area contributed by atoms with Gasteiger partial charge in [0, 0.05) is 35.8 Å². The molecule has 17 heavy (non-hydrogen) atoms. The fraction of sp³-hybridized carbons (Fsp3) is 0.0714. The van der Waals surface area contributed by atoms with E-state index in [1.54, 1.807) is 11.3 Å². The standard InChI is InChI=1S/C14H9OS.U/c1-9-5-4-7-11-13(15)10-6-2-3-8-12(10)16-14(9)11;/h2-6,8H,1H3;/q-1;. The molecular formula is C14H9OSU-. The molecule has 1 aromatic heterocycles. The summed E-state index contributed by atoms with van der Waals surface area (Å²) in [5.74, 6) is 0. The molecule has 0 aliphatic carbocycles. The molecule has 0 spiro atoms. The van der Waals surface area contributed by atoms with Crippen molar-refractivity contribution in [2.75, 3.05) is 0 Å². The van der Waals surface area contributed by atoms with E-state index in [-0.39, 0.29) is 36.5 Å². The SMILES string of the molecule is Cc1cc[c-]c2c(=O)c3ccccc3sc12.[U]. The minimum atomic E-state index is 0. The number of hydrogen-bond acceptors (Lipinski definition) is 2. The molecule has 0 bridgehead atoms. The predicted molar refractivity (Wildman–Crippen MR) is 69.2 cm³/mol. The quantitative estimate of drug-likeness (QED) is 0.369. The maximum absolute atomic E-state index is 12.2. The summed E-state index contributed by atoms with van der Waals surface area (Å²) < 4.78 is 2.09. The Balaban J connectivity index is 0.00000108. The molecule has 3 aromatic rings. The van der Waals surface area contributed by atoms with Gasteiger partial charge in [0.05, 0.1) is 0 Å². The Bertz CT molecular complexity index is 746. The molecule has 3 heteroatoms. The summed E-state index contributed by atoms with van der Waals surface area (Å²) in [5.41, 5.74) is 1.23. The number of benzene rings is 2. The molecule has 0 unspecified atom stereocenters. The van der Waals surface area contributed by atoms with Crippen LogP contribution in [0.2, 0.25) is 0 Å². The molecule has 1 nitrogen and oxygen atoms in total. The molecule has 0 amide bonds. The molecule has 82 valence electrons. The van der Waals surface area contributed by atoms with E-state index in [1.165, 1.54) is 0 Å². The average Bonchev–Trinajstić information content (AvgIpc) is 2.31. The fourth-order valence-corrected chi connectivity index (χ4v) is 3.00. The third-order valence-corrected chi connectivity index (χ3v) is 4.02. The van der Waals surface area contributed by atoms with Crippen LogP contribution in [0.5, 0.6) is 0 Å². The largest absolute Gasteiger partial charge is 0.346 e. The van der Waals surface area contributed by atoms with E-state index < -0.39 is 0 Å².